The number of para-hydroxylation sites is 1. The van der Waals surface area contributed by atoms with Gasteiger partial charge in [0.1, 0.15) is 17.1 Å². The number of ether oxygens (including phenoxy) is 5. The fourth-order valence-corrected chi connectivity index (χ4v) is 3.13. The summed E-state index contributed by atoms with van der Waals surface area (Å²) < 4.78 is 26.5. The largest absolute Gasteiger partial charge is 0.496 e. The van der Waals surface area contributed by atoms with Crippen molar-refractivity contribution in [3.05, 3.63) is 83.4 Å². The van der Waals surface area contributed by atoms with Crippen molar-refractivity contribution in [1.29, 1.82) is 0 Å². The van der Waals surface area contributed by atoms with E-state index < -0.39 is 5.97 Å². The number of hydrogen-bond acceptors (Lipinski definition) is 7. The summed E-state index contributed by atoms with van der Waals surface area (Å²) in [6.45, 7) is 0. The first-order valence-corrected chi connectivity index (χ1v) is 9.98. The van der Waals surface area contributed by atoms with Gasteiger partial charge in [-0.05, 0) is 60.2 Å². The Hall–Kier alpha value is -4.26. The number of methoxy groups -OCH3 is 4. The molecular weight excluding hydrogens is 424 g/mol. The quantitative estimate of drug-likeness (QED) is 0.201. The molecule has 0 saturated carbocycles. The summed E-state index contributed by atoms with van der Waals surface area (Å²) in [7, 11) is 6.06. The number of carbonyl (C=O) groups is 2. The van der Waals surface area contributed by atoms with Gasteiger partial charge in [-0.1, -0.05) is 18.2 Å². The second-order valence-electron chi connectivity index (χ2n) is 6.77. The van der Waals surface area contributed by atoms with Crippen molar-refractivity contribution in [2.45, 2.75) is 0 Å². The highest BCUT2D eigenvalue weighted by Gasteiger charge is 2.15. The molecule has 0 aliphatic heterocycles. The maximum absolute atomic E-state index is 12.6. The molecule has 0 N–H and O–H groups in total. The molecule has 3 rings (SSSR count). The number of benzene rings is 3. The highest BCUT2D eigenvalue weighted by molar-refractivity contribution is 6.07. The van der Waals surface area contributed by atoms with Gasteiger partial charge in [0.05, 0.1) is 28.4 Å². The lowest BCUT2D eigenvalue weighted by Gasteiger charge is -2.12. The molecule has 0 saturated heterocycles. The minimum absolute atomic E-state index is 0.216. The van der Waals surface area contributed by atoms with E-state index in [0.29, 0.717) is 45.4 Å². The van der Waals surface area contributed by atoms with E-state index in [9.17, 15) is 9.59 Å². The molecule has 0 radical (unpaired) electrons. The minimum atomic E-state index is -0.547. The number of esters is 1. The highest BCUT2D eigenvalue weighted by atomic mass is 16.5. The SMILES string of the molecule is COc1ccccc1C(=O)Oc1ccc(C(=O)/C=C/c2cc(OC)c(OC)c(OC)c2)cc1. The summed E-state index contributed by atoms with van der Waals surface area (Å²) in [5, 5.41) is 0. The van der Waals surface area contributed by atoms with Gasteiger partial charge in [-0.25, -0.2) is 4.79 Å². The lowest BCUT2D eigenvalue weighted by atomic mass is 10.1. The zero-order valence-corrected chi connectivity index (χ0v) is 18.8. The number of ketones is 1. The van der Waals surface area contributed by atoms with E-state index >= 15 is 0 Å². The first-order chi connectivity index (χ1) is 16.0. The number of allylic oxidation sites excluding steroid dienone is 1. The predicted octanol–water partition coefficient (Wildman–Crippen LogP) is 4.84. The standard InChI is InChI=1S/C26H24O7/c1-29-22-8-6-5-7-20(22)26(28)33-19-12-10-18(11-13-19)21(27)14-9-17-15-23(30-2)25(32-4)24(16-17)31-3/h5-16H,1-4H3/b14-9+. The number of carbonyl (C=O) groups excluding carboxylic acids is 2. The summed E-state index contributed by atoms with van der Waals surface area (Å²) in [5.41, 5.74) is 1.46. The molecule has 0 aliphatic carbocycles. The average molecular weight is 448 g/mol. The van der Waals surface area contributed by atoms with Gasteiger partial charge in [0.15, 0.2) is 17.3 Å². The van der Waals surface area contributed by atoms with Crippen LogP contribution < -0.4 is 23.7 Å². The molecule has 0 bridgehead atoms. The lowest BCUT2D eigenvalue weighted by Crippen LogP contribution is -2.10. The van der Waals surface area contributed by atoms with Gasteiger partial charge in [-0.15, -0.1) is 0 Å². The van der Waals surface area contributed by atoms with Crippen LogP contribution in [-0.2, 0) is 0 Å². The molecule has 170 valence electrons. The minimum Gasteiger partial charge on any atom is -0.496 e. The third-order valence-electron chi connectivity index (χ3n) is 4.79. The Bertz CT molecular complexity index is 1140. The van der Waals surface area contributed by atoms with Crippen molar-refractivity contribution in [3.8, 4) is 28.7 Å². The zero-order chi connectivity index (χ0) is 23.8. The highest BCUT2D eigenvalue weighted by Crippen LogP contribution is 2.38. The first kappa shape index (κ1) is 23.4. The Kier molecular flexibility index (Phi) is 7.70. The molecule has 7 nitrogen and oxygen atoms in total. The molecule has 0 spiro atoms. The fourth-order valence-electron chi connectivity index (χ4n) is 3.13. The van der Waals surface area contributed by atoms with E-state index in [1.165, 1.54) is 34.5 Å². The van der Waals surface area contributed by atoms with E-state index in [-0.39, 0.29) is 5.78 Å². The van der Waals surface area contributed by atoms with Crippen LogP contribution in [0.25, 0.3) is 6.08 Å². The molecule has 0 amide bonds. The van der Waals surface area contributed by atoms with Gasteiger partial charge in [-0.3, -0.25) is 4.79 Å². The summed E-state index contributed by atoms with van der Waals surface area (Å²) >= 11 is 0. The van der Waals surface area contributed by atoms with Crippen LogP contribution in [0.3, 0.4) is 0 Å². The van der Waals surface area contributed by atoms with E-state index in [4.69, 9.17) is 23.7 Å². The van der Waals surface area contributed by atoms with Crippen LogP contribution in [0.4, 0.5) is 0 Å². The summed E-state index contributed by atoms with van der Waals surface area (Å²) in [5.74, 6) is 1.43. The summed E-state index contributed by atoms with van der Waals surface area (Å²) in [6, 6.07) is 16.6. The fraction of sp³-hybridized carbons (Fsp3) is 0.154. The third-order valence-corrected chi connectivity index (χ3v) is 4.79. The molecule has 33 heavy (non-hydrogen) atoms. The van der Waals surface area contributed by atoms with Gasteiger partial charge in [0.2, 0.25) is 5.75 Å². The number of hydrogen-bond donors (Lipinski definition) is 0. The predicted molar refractivity (Wildman–Crippen MR) is 124 cm³/mol. The van der Waals surface area contributed by atoms with E-state index in [2.05, 4.69) is 0 Å². The molecule has 0 aliphatic rings. The molecule has 3 aromatic rings. The van der Waals surface area contributed by atoms with Crippen molar-refractivity contribution in [1.82, 2.24) is 0 Å². The van der Waals surface area contributed by atoms with Gasteiger partial charge >= 0.3 is 5.97 Å². The maximum Gasteiger partial charge on any atom is 0.347 e. The summed E-state index contributed by atoms with van der Waals surface area (Å²) in [6.07, 6.45) is 3.10. The van der Waals surface area contributed by atoms with Crippen LogP contribution >= 0.6 is 0 Å². The number of rotatable bonds is 9. The van der Waals surface area contributed by atoms with Crippen LogP contribution in [0, 0.1) is 0 Å². The summed E-state index contributed by atoms with van der Waals surface area (Å²) in [4.78, 5) is 25.0. The average Bonchev–Trinajstić information content (AvgIpc) is 2.86. The van der Waals surface area contributed by atoms with Gasteiger partial charge < -0.3 is 23.7 Å². The Morgan fingerprint density at radius 2 is 1.33 bits per heavy atom. The monoisotopic (exact) mass is 448 g/mol. The normalized spacial score (nSPS) is 10.5. The van der Waals surface area contributed by atoms with Crippen LogP contribution in [-0.4, -0.2) is 40.2 Å². The lowest BCUT2D eigenvalue weighted by molar-refractivity contribution is 0.0731. The Balaban J connectivity index is 1.72. The first-order valence-electron chi connectivity index (χ1n) is 9.98. The van der Waals surface area contributed by atoms with Gasteiger partial charge in [0.25, 0.3) is 0 Å². The third kappa shape index (κ3) is 5.51. The molecule has 0 unspecified atom stereocenters. The van der Waals surface area contributed by atoms with Crippen molar-refractivity contribution in [2.24, 2.45) is 0 Å². The Morgan fingerprint density at radius 3 is 1.91 bits per heavy atom. The van der Waals surface area contributed by atoms with Crippen molar-refractivity contribution in [2.75, 3.05) is 28.4 Å². The second-order valence-corrected chi connectivity index (χ2v) is 6.77. The van der Waals surface area contributed by atoms with Gasteiger partial charge in [0, 0.05) is 5.56 Å². The van der Waals surface area contributed by atoms with Crippen LogP contribution in [0.1, 0.15) is 26.3 Å². The molecule has 7 heteroatoms. The van der Waals surface area contributed by atoms with E-state index in [1.807, 2.05) is 0 Å². The Labute approximate surface area is 192 Å². The smallest absolute Gasteiger partial charge is 0.347 e. The van der Waals surface area contributed by atoms with E-state index in [0.717, 1.165) is 0 Å². The molecular formula is C26H24O7. The van der Waals surface area contributed by atoms with Gasteiger partial charge in [-0.2, -0.15) is 0 Å². The van der Waals surface area contributed by atoms with Crippen molar-refractivity contribution < 1.29 is 33.3 Å². The van der Waals surface area contributed by atoms with Crippen molar-refractivity contribution >= 4 is 17.8 Å². The van der Waals surface area contributed by atoms with E-state index in [1.54, 1.807) is 66.7 Å². The maximum atomic E-state index is 12.6. The van der Waals surface area contributed by atoms with Crippen LogP contribution in [0.5, 0.6) is 28.7 Å². The van der Waals surface area contributed by atoms with Crippen molar-refractivity contribution in [3.63, 3.8) is 0 Å². The van der Waals surface area contributed by atoms with Crippen LogP contribution in [0.15, 0.2) is 66.7 Å². The Morgan fingerprint density at radius 1 is 0.727 bits per heavy atom. The molecule has 0 atom stereocenters. The molecule has 0 aromatic heterocycles. The topological polar surface area (TPSA) is 80.3 Å². The molecule has 0 heterocycles. The molecule has 0 fully saturated rings. The molecule has 3 aromatic carbocycles. The zero-order valence-electron chi connectivity index (χ0n) is 18.8. The van der Waals surface area contributed by atoms with Crippen LogP contribution in [0.2, 0.25) is 0 Å². The second kappa shape index (κ2) is 10.9.